The summed E-state index contributed by atoms with van der Waals surface area (Å²) in [6, 6.07) is 0. The molecule has 0 aromatic heterocycles. The second-order valence-corrected chi connectivity index (χ2v) is 13.4. The fraction of sp³-hybridized carbons (Fsp3) is 0.385. The lowest BCUT2D eigenvalue weighted by Crippen LogP contribution is -2.04. The van der Waals surface area contributed by atoms with Crippen LogP contribution in [0, 0.1) is 69.2 Å². The van der Waals surface area contributed by atoms with Crippen LogP contribution in [0.3, 0.4) is 0 Å². The lowest BCUT2D eigenvalue weighted by molar-refractivity contribution is 1.07. The first-order valence-corrected chi connectivity index (χ1v) is 15.0. The summed E-state index contributed by atoms with van der Waals surface area (Å²) in [6.45, 7) is 23.5. The van der Waals surface area contributed by atoms with Crippen molar-refractivity contribution in [2.24, 2.45) is 0 Å². The van der Waals surface area contributed by atoms with Crippen molar-refractivity contribution < 1.29 is 0 Å². The van der Waals surface area contributed by atoms with E-state index in [0.29, 0.717) is 0 Å². The van der Waals surface area contributed by atoms with Crippen molar-refractivity contribution in [2.45, 2.75) is 101 Å². The maximum Gasteiger partial charge on any atom is -0.000732 e. The predicted molar refractivity (Wildman–Crippen MR) is 167 cm³/mol. The molecule has 0 saturated heterocycles. The Hall–Kier alpha value is -3.12. The highest BCUT2D eigenvalue weighted by atomic mass is 14.5. The van der Waals surface area contributed by atoms with E-state index in [1.54, 1.807) is 72.2 Å². The Morgan fingerprint density at radius 3 is 1.15 bits per heavy atom. The van der Waals surface area contributed by atoms with Crippen LogP contribution in [0.4, 0.5) is 0 Å². The van der Waals surface area contributed by atoms with Crippen LogP contribution < -0.4 is 0 Å². The molecule has 0 unspecified atom stereocenters. The maximum absolute atomic E-state index is 2.40. The lowest BCUT2D eigenvalue weighted by Gasteiger charge is -2.23. The van der Waals surface area contributed by atoms with Crippen molar-refractivity contribution in [3.05, 3.63) is 111 Å². The molecule has 0 heterocycles. The van der Waals surface area contributed by atoms with Gasteiger partial charge in [-0.05, 0) is 235 Å². The highest BCUT2D eigenvalue weighted by Gasteiger charge is 2.44. The van der Waals surface area contributed by atoms with Crippen molar-refractivity contribution in [3.8, 4) is 0 Å². The van der Waals surface area contributed by atoms with Crippen LogP contribution in [-0.2, 0) is 12.8 Å². The van der Waals surface area contributed by atoms with Crippen LogP contribution in [0.15, 0.2) is 33.4 Å². The molecule has 0 fully saturated rings. The summed E-state index contributed by atoms with van der Waals surface area (Å²) >= 11 is 0. The predicted octanol–water partition coefficient (Wildman–Crippen LogP) is 10.0. The Balaban J connectivity index is 1.21. The molecule has 39 heavy (non-hydrogen) atoms. The Bertz CT molecular complexity index is 1940. The second-order valence-electron chi connectivity index (χ2n) is 13.4. The molecule has 5 aliphatic carbocycles. The van der Waals surface area contributed by atoms with Crippen LogP contribution in [0.5, 0.6) is 0 Å². The summed E-state index contributed by atoms with van der Waals surface area (Å²) in [4.78, 5) is 0. The minimum atomic E-state index is 1.13. The summed E-state index contributed by atoms with van der Waals surface area (Å²) in [5.41, 5.74) is 35.1. The third-order valence-corrected chi connectivity index (χ3v) is 12.3. The molecular formula is C39H40. The molecule has 3 aromatic rings. The van der Waals surface area contributed by atoms with Gasteiger partial charge in [0.2, 0.25) is 0 Å². The molecule has 196 valence electrons. The number of benzene rings is 3. The minimum absolute atomic E-state index is 1.13. The van der Waals surface area contributed by atoms with Gasteiger partial charge < -0.3 is 0 Å². The summed E-state index contributed by atoms with van der Waals surface area (Å²) in [5, 5.41) is 3.10. The van der Waals surface area contributed by atoms with Crippen molar-refractivity contribution in [3.63, 3.8) is 0 Å². The molecule has 0 saturated carbocycles. The number of fused-ring (bicyclic) bond motifs is 9. The van der Waals surface area contributed by atoms with Gasteiger partial charge in [-0.15, -0.1) is 0 Å². The molecule has 8 rings (SSSR count). The normalized spacial score (nSPS) is 18.6. The van der Waals surface area contributed by atoms with Crippen molar-refractivity contribution in [2.75, 3.05) is 0 Å². The Morgan fingerprint density at radius 2 is 0.590 bits per heavy atom. The Morgan fingerprint density at radius 1 is 0.256 bits per heavy atom. The maximum atomic E-state index is 2.40. The van der Waals surface area contributed by atoms with Crippen LogP contribution in [0.25, 0.3) is 21.9 Å². The van der Waals surface area contributed by atoms with Gasteiger partial charge in [0, 0.05) is 0 Å². The molecule has 0 amide bonds. The highest BCUT2D eigenvalue weighted by Crippen LogP contribution is 2.62. The van der Waals surface area contributed by atoms with Gasteiger partial charge in [-0.2, -0.15) is 0 Å². The molecule has 0 radical (unpaired) electrons. The van der Waals surface area contributed by atoms with Crippen molar-refractivity contribution in [1.82, 2.24) is 0 Å². The summed E-state index contributed by atoms with van der Waals surface area (Å²) < 4.78 is 0. The second kappa shape index (κ2) is 7.34. The van der Waals surface area contributed by atoms with E-state index in [1.807, 2.05) is 0 Å². The number of allylic oxidation sites excluding steroid dienone is 8. The quantitative estimate of drug-likeness (QED) is 0.283. The van der Waals surface area contributed by atoms with Crippen LogP contribution in [-0.4, -0.2) is 0 Å². The van der Waals surface area contributed by atoms with E-state index in [1.165, 1.54) is 73.9 Å². The summed E-state index contributed by atoms with van der Waals surface area (Å²) in [5.74, 6) is 0. The zero-order valence-corrected chi connectivity index (χ0v) is 25.5. The number of rotatable bonds is 0. The zero-order chi connectivity index (χ0) is 27.4. The van der Waals surface area contributed by atoms with Crippen LogP contribution in [0.1, 0.15) is 97.2 Å². The molecule has 0 nitrogen and oxygen atoms in total. The summed E-state index contributed by atoms with van der Waals surface area (Å²) in [6.07, 6.45) is 5.78. The molecule has 3 aromatic carbocycles. The zero-order valence-electron chi connectivity index (χ0n) is 25.5. The van der Waals surface area contributed by atoms with Crippen molar-refractivity contribution >= 4 is 21.9 Å². The van der Waals surface area contributed by atoms with Crippen LogP contribution >= 0.6 is 0 Å². The highest BCUT2D eigenvalue weighted by molar-refractivity contribution is 6.04. The average Bonchev–Trinajstić information content (AvgIpc) is 3.68. The Kier molecular flexibility index (Phi) is 4.47. The fourth-order valence-corrected chi connectivity index (χ4v) is 9.44. The van der Waals surface area contributed by atoms with Gasteiger partial charge in [0.15, 0.2) is 0 Å². The molecule has 0 atom stereocenters. The molecular weight excluding hydrogens is 468 g/mol. The van der Waals surface area contributed by atoms with E-state index in [-0.39, 0.29) is 0 Å². The SMILES string of the molecule is Cc1c(C)c(C)c2c(c1C)CC1=C2CC2=C1CC1=C2CC2=C1Cc1c2c(C)c(C)c2c(C)c(C)c(C)c(C)c12. The molecule has 5 aliphatic rings. The van der Waals surface area contributed by atoms with E-state index in [0.717, 1.165) is 19.3 Å². The average molecular weight is 509 g/mol. The largest absolute Gasteiger partial charge is 0.0447 e. The number of hydrogen-bond acceptors (Lipinski definition) is 0. The lowest BCUT2D eigenvalue weighted by atomic mass is 9.81. The first-order chi connectivity index (χ1) is 18.5. The van der Waals surface area contributed by atoms with E-state index in [9.17, 15) is 0 Å². The van der Waals surface area contributed by atoms with Gasteiger partial charge in [0.25, 0.3) is 0 Å². The third kappa shape index (κ3) is 2.58. The Labute approximate surface area is 234 Å². The van der Waals surface area contributed by atoms with Gasteiger partial charge >= 0.3 is 0 Å². The van der Waals surface area contributed by atoms with Gasteiger partial charge in [0.05, 0.1) is 0 Å². The van der Waals surface area contributed by atoms with Crippen LogP contribution in [0.2, 0.25) is 0 Å². The fourth-order valence-electron chi connectivity index (χ4n) is 9.44. The number of aryl methyl sites for hydroxylation is 3. The molecule has 0 aliphatic heterocycles. The number of hydrogen-bond donors (Lipinski definition) is 0. The van der Waals surface area contributed by atoms with Gasteiger partial charge in [-0.25, -0.2) is 0 Å². The van der Waals surface area contributed by atoms with E-state index < -0.39 is 0 Å². The van der Waals surface area contributed by atoms with E-state index in [2.05, 4.69) is 69.2 Å². The third-order valence-electron chi connectivity index (χ3n) is 12.3. The topological polar surface area (TPSA) is 0 Å². The summed E-state index contributed by atoms with van der Waals surface area (Å²) in [7, 11) is 0. The smallest absolute Gasteiger partial charge is 0.000732 e. The monoisotopic (exact) mass is 508 g/mol. The molecule has 0 bridgehead atoms. The molecule has 0 spiro atoms. The van der Waals surface area contributed by atoms with Gasteiger partial charge in [-0.3, -0.25) is 0 Å². The minimum Gasteiger partial charge on any atom is -0.0447 e. The molecule has 0 N–H and O–H groups in total. The standard InChI is InChI=1S/C39H40/c1-16-17(2)22(7)37-26(20(16)5)11-31-27-12-28-30(29(27)13-33(31)37)14-34-32(28)15-35-38(34)25(10)24(9)36-21(6)18(3)19(4)23(8)39(35)36/h11-15H2,1-10H3. The van der Waals surface area contributed by atoms with Gasteiger partial charge in [-0.1, -0.05) is 0 Å². The van der Waals surface area contributed by atoms with E-state index in [4.69, 9.17) is 0 Å². The molecule has 0 heteroatoms. The first-order valence-electron chi connectivity index (χ1n) is 15.0. The van der Waals surface area contributed by atoms with E-state index >= 15 is 0 Å². The van der Waals surface area contributed by atoms with Gasteiger partial charge in [0.1, 0.15) is 0 Å². The van der Waals surface area contributed by atoms with Crippen molar-refractivity contribution in [1.29, 1.82) is 0 Å². The first kappa shape index (κ1) is 23.7.